The van der Waals surface area contributed by atoms with Crippen molar-refractivity contribution in [3.8, 4) is 11.8 Å². The van der Waals surface area contributed by atoms with Gasteiger partial charge in [-0.2, -0.15) is 5.26 Å². The van der Waals surface area contributed by atoms with E-state index in [-0.39, 0.29) is 24.2 Å². The van der Waals surface area contributed by atoms with Crippen LogP contribution in [0.2, 0.25) is 0 Å². The van der Waals surface area contributed by atoms with Gasteiger partial charge >= 0.3 is 0 Å². The topological polar surface area (TPSA) is 53.3 Å². The van der Waals surface area contributed by atoms with Crippen molar-refractivity contribution >= 4 is 5.91 Å². The molecular weight excluding hydrogens is 247 g/mol. The number of piperidine rings is 1. The summed E-state index contributed by atoms with van der Waals surface area (Å²) in [6, 6.07) is 8.33. The van der Waals surface area contributed by atoms with Crippen LogP contribution in [0.1, 0.15) is 12.8 Å². The van der Waals surface area contributed by atoms with Crippen molar-refractivity contribution in [3.05, 3.63) is 30.1 Å². The number of amides is 1. The Morgan fingerprint density at radius 2 is 2.26 bits per heavy atom. The first-order chi connectivity index (χ1) is 9.20. The highest BCUT2D eigenvalue weighted by molar-refractivity contribution is 5.77. The number of hydrogen-bond donors (Lipinski definition) is 0. The SMILES string of the molecule is N#CC1CCC(=O)N(CCOc2ccccc2F)C1. The van der Waals surface area contributed by atoms with Gasteiger partial charge in [-0.1, -0.05) is 12.1 Å². The van der Waals surface area contributed by atoms with Gasteiger partial charge in [-0.15, -0.1) is 0 Å². The summed E-state index contributed by atoms with van der Waals surface area (Å²) >= 11 is 0. The Morgan fingerprint density at radius 1 is 1.47 bits per heavy atom. The van der Waals surface area contributed by atoms with Crippen molar-refractivity contribution in [3.63, 3.8) is 0 Å². The molecule has 2 rings (SSSR count). The van der Waals surface area contributed by atoms with Crippen LogP contribution in [0.15, 0.2) is 24.3 Å². The summed E-state index contributed by atoms with van der Waals surface area (Å²) in [5.41, 5.74) is 0. The van der Waals surface area contributed by atoms with Gasteiger partial charge in [-0.3, -0.25) is 4.79 Å². The van der Waals surface area contributed by atoms with Gasteiger partial charge in [0, 0.05) is 13.0 Å². The Bertz CT molecular complexity index is 498. The Labute approximate surface area is 111 Å². The molecule has 0 aromatic heterocycles. The highest BCUT2D eigenvalue weighted by Gasteiger charge is 2.25. The van der Waals surface area contributed by atoms with E-state index in [1.807, 2.05) is 0 Å². The van der Waals surface area contributed by atoms with Crippen LogP contribution in [0.3, 0.4) is 0 Å². The minimum Gasteiger partial charge on any atom is -0.489 e. The van der Waals surface area contributed by atoms with Crippen molar-refractivity contribution in [2.45, 2.75) is 12.8 Å². The lowest BCUT2D eigenvalue weighted by atomic mass is 9.99. The first kappa shape index (κ1) is 13.3. The van der Waals surface area contributed by atoms with Crippen LogP contribution in [-0.4, -0.2) is 30.5 Å². The average Bonchev–Trinajstić information content (AvgIpc) is 2.43. The van der Waals surface area contributed by atoms with E-state index in [0.717, 1.165) is 0 Å². The third-order valence-electron chi connectivity index (χ3n) is 3.14. The van der Waals surface area contributed by atoms with E-state index in [9.17, 15) is 9.18 Å². The number of likely N-dealkylation sites (tertiary alicyclic amines) is 1. The lowest BCUT2D eigenvalue weighted by Gasteiger charge is -2.29. The third kappa shape index (κ3) is 3.44. The summed E-state index contributed by atoms with van der Waals surface area (Å²) in [5.74, 6) is -0.305. The smallest absolute Gasteiger partial charge is 0.222 e. The van der Waals surface area contributed by atoms with Gasteiger partial charge in [-0.25, -0.2) is 4.39 Å². The van der Waals surface area contributed by atoms with Gasteiger partial charge in [0.2, 0.25) is 5.91 Å². The Hall–Kier alpha value is -2.09. The highest BCUT2D eigenvalue weighted by Crippen LogP contribution is 2.18. The van der Waals surface area contributed by atoms with Crippen LogP contribution in [0.25, 0.3) is 0 Å². The molecule has 0 aliphatic carbocycles. The second kappa shape index (κ2) is 6.19. The quantitative estimate of drug-likeness (QED) is 0.833. The van der Waals surface area contributed by atoms with Crippen molar-refractivity contribution in [2.24, 2.45) is 5.92 Å². The van der Waals surface area contributed by atoms with E-state index >= 15 is 0 Å². The standard InChI is InChI=1S/C14H15FN2O2/c15-12-3-1-2-4-13(12)19-8-7-17-10-11(9-16)5-6-14(17)18/h1-4,11H,5-8,10H2. The fraction of sp³-hybridized carbons (Fsp3) is 0.429. The molecule has 0 bridgehead atoms. The third-order valence-corrected chi connectivity index (χ3v) is 3.14. The van der Waals surface area contributed by atoms with E-state index in [4.69, 9.17) is 10.00 Å². The molecule has 0 spiro atoms. The largest absolute Gasteiger partial charge is 0.489 e. The molecule has 1 aliphatic rings. The monoisotopic (exact) mass is 262 g/mol. The molecule has 4 nitrogen and oxygen atoms in total. The lowest BCUT2D eigenvalue weighted by molar-refractivity contribution is -0.134. The van der Waals surface area contributed by atoms with E-state index in [1.165, 1.54) is 6.07 Å². The molecular formula is C14H15FN2O2. The molecule has 0 N–H and O–H groups in total. The number of para-hydroxylation sites is 1. The molecule has 0 radical (unpaired) electrons. The maximum absolute atomic E-state index is 13.3. The van der Waals surface area contributed by atoms with Crippen LogP contribution in [0, 0.1) is 23.1 Å². The maximum Gasteiger partial charge on any atom is 0.222 e. The van der Waals surface area contributed by atoms with Crippen LogP contribution in [-0.2, 0) is 4.79 Å². The van der Waals surface area contributed by atoms with Crippen LogP contribution in [0.5, 0.6) is 5.75 Å². The van der Waals surface area contributed by atoms with E-state index in [0.29, 0.717) is 25.9 Å². The van der Waals surface area contributed by atoms with Gasteiger partial charge < -0.3 is 9.64 Å². The predicted molar refractivity (Wildman–Crippen MR) is 66.8 cm³/mol. The zero-order chi connectivity index (χ0) is 13.7. The highest BCUT2D eigenvalue weighted by atomic mass is 19.1. The molecule has 1 aromatic rings. The maximum atomic E-state index is 13.3. The summed E-state index contributed by atoms with van der Waals surface area (Å²) in [6.45, 7) is 1.05. The van der Waals surface area contributed by atoms with Crippen molar-refractivity contribution in [1.29, 1.82) is 5.26 Å². The predicted octanol–water partition coefficient (Wildman–Crippen LogP) is 1.97. The van der Waals surface area contributed by atoms with E-state index in [2.05, 4.69) is 6.07 Å². The number of halogens is 1. The number of carbonyl (C=O) groups is 1. The Balaban J connectivity index is 1.84. The van der Waals surface area contributed by atoms with Crippen LogP contribution in [0.4, 0.5) is 4.39 Å². The number of carbonyl (C=O) groups excluding carboxylic acids is 1. The molecule has 1 atom stereocenters. The Morgan fingerprint density at radius 3 is 3.00 bits per heavy atom. The second-order valence-corrected chi connectivity index (χ2v) is 4.48. The summed E-state index contributed by atoms with van der Waals surface area (Å²) in [6.07, 6.45) is 1.03. The number of rotatable bonds is 4. The molecule has 100 valence electrons. The fourth-order valence-corrected chi connectivity index (χ4v) is 2.06. The molecule has 1 aromatic carbocycles. The zero-order valence-electron chi connectivity index (χ0n) is 10.5. The first-order valence-corrected chi connectivity index (χ1v) is 6.25. The second-order valence-electron chi connectivity index (χ2n) is 4.48. The zero-order valence-corrected chi connectivity index (χ0v) is 10.5. The molecule has 19 heavy (non-hydrogen) atoms. The van der Waals surface area contributed by atoms with Gasteiger partial charge in [-0.05, 0) is 18.6 Å². The number of nitriles is 1. The molecule has 1 unspecified atom stereocenters. The summed E-state index contributed by atoms with van der Waals surface area (Å²) in [5, 5.41) is 8.87. The number of hydrogen-bond acceptors (Lipinski definition) is 3. The fourth-order valence-electron chi connectivity index (χ4n) is 2.06. The van der Waals surface area contributed by atoms with Gasteiger partial charge in [0.1, 0.15) is 6.61 Å². The average molecular weight is 262 g/mol. The summed E-state index contributed by atoms with van der Waals surface area (Å²) in [4.78, 5) is 13.3. The van der Waals surface area contributed by atoms with E-state index < -0.39 is 5.82 Å². The van der Waals surface area contributed by atoms with Crippen molar-refractivity contribution in [2.75, 3.05) is 19.7 Å². The van der Waals surface area contributed by atoms with Crippen molar-refractivity contribution in [1.82, 2.24) is 4.90 Å². The summed E-state index contributed by atoms with van der Waals surface area (Å²) < 4.78 is 18.6. The number of ether oxygens (including phenoxy) is 1. The molecule has 0 saturated carbocycles. The number of benzene rings is 1. The molecule has 1 aliphatic heterocycles. The molecule has 1 fully saturated rings. The van der Waals surface area contributed by atoms with Gasteiger partial charge in [0.05, 0.1) is 18.5 Å². The van der Waals surface area contributed by atoms with Crippen molar-refractivity contribution < 1.29 is 13.9 Å². The molecule has 1 saturated heterocycles. The Kier molecular flexibility index (Phi) is 4.35. The minimum absolute atomic E-state index is 0.0311. The first-order valence-electron chi connectivity index (χ1n) is 6.25. The summed E-state index contributed by atoms with van der Waals surface area (Å²) in [7, 11) is 0. The minimum atomic E-state index is -0.414. The number of nitrogens with zero attached hydrogens (tertiary/aromatic N) is 2. The van der Waals surface area contributed by atoms with Gasteiger partial charge in [0.25, 0.3) is 0 Å². The van der Waals surface area contributed by atoms with Crippen LogP contribution < -0.4 is 4.74 Å². The van der Waals surface area contributed by atoms with E-state index in [1.54, 1.807) is 23.1 Å². The molecule has 5 heteroatoms. The molecule has 1 amide bonds. The van der Waals surface area contributed by atoms with Crippen LogP contribution >= 0.6 is 0 Å². The molecule has 1 heterocycles. The van der Waals surface area contributed by atoms with Gasteiger partial charge in [0.15, 0.2) is 11.6 Å². The normalized spacial score (nSPS) is 19.1. The lowest BCUT2D eigenvalue weighted by Crippen LogP contribution is -2.41.